The van der Waals surface area contributed by atoms with Crippen molar-refractivity contribution in [3.63, 3.8) is 0 Å². The van der Waals surface area contributed by atoms with E-state index in [9.17, 15) is 4.79 Å². The van der Waals surface area contributed by atoms with Crippen molar-refractivity contribution >= 4 is 44.5 Å². The Balaban J connectivity index is 1.81. The molecule has 3 rings (SSSR count). The van der Waals surface area contributed by atoms with Crippen molar-refractivity contribution in [2.75, 3.05) is 13.1 Å². The van der Waals surface area contributed by atoms with E-state index in [1.807, 2.05) is 22.4 Å². The third kappa shape index (κ3) is 2.67. The first kappa shape index (κ1) is 14.2. The lowest BCUT2D eigenvalue weighted by Crippen LogP contribution is -2.40. The SMILES string of the molecule is NCC1CCCN1C(=O)c1csc(-c2ccc(Br)s2)n1. The Hall–Kier alpha value is -0.760. The summed E-state index contributed by atoms with van der Waals surface area (Å²) >= 11 is 6.58. The number of hydrogen-bond donors (Lipinski definition) is 1. The van der Waals surface area contributed by atoms with Crippen LogP contribution in [0.5, 0.6) is 0 Å². The maximum absolute atomic E-state index is 12.5. The molecule has 1 aliphatic rings. The zero-order valence-electron chi connectivity index (χ0n) is 10.7. The van der Waals surface area contributed by atoms with Gasteiger partial charge in [-0.2, -0.15) is 0 Å². The molecule has 1 saturated heterocycles. The van der Waals surface area contributed by atoms with E-state index in [4.69, 9.17) is 5.73 Å². The van der Waals surface area contributed by atoms with Gasteiger partial charge in [-0.05, 0) is 40.9 Å². The first-order valence-electron chi connectivity index (χ1n) is 6.41. The summed E-state index contributed by atoms with van der Waals surface area (Å²) in [5.41, 5.74) is 6.26. The van der Waals surface area contributed by atoms with Crippen LogP contribution < -0.4 is 5.73 Å². The van der Waals surface area contributed by atoms with E-state index in [1.165, 1.54) is 11.3 Å². The van der Waals surface area contributed by atoms with Crippen LogP contribution in [-0.2, 0) is 0 Å². The highest BCUT2D eigenvalue weighted by atomic mass is 79.9. The van der Waals surface area contributed by atoms with Crippen LogP contribution in [0.25, 0.3) is 9.88 Å². The maximum Gasteiger partial charge on any atom is 0.273 e. The van der Waals surface area contributed by atoms with Crippen molar-refractivity contribution in [2.24, 2.45) is 5.73 Å². The Morgan fingerprint density at radius 3 is 3.10 bits per heavy atom. The van der Waals surface area contributed by atoms with Gasteiger partial charge in [0.1, 0.15) is 10.7 Å². The summed E-state index contributed by atoms with van der Waals surface area (Å²) in [6.07, 6.45) is 2.03. The van der Waals surface area contributed by atoms with Crippen molar-refractivity contribution < 1.29 is 4.79 Å². The Morgan fingerprint density at radius 2 is 2.40 bits per heavy atom. The molecular weight excluding hydrogens is 358 g/mol. The summed E-state index contributed by atoms with van der Waals surface area (Å²) in [7, 11) is 0. The van der Waals surface area contributed by atoms with Crippen LogP contribution in [0.4, 0.5) is 0 Å². The van der Waals surface area contributed by atoms with Crippen LogP contribution >= 0.6 is 38.6 Å². The number of hydrogen-bond acceptors (Lipinski definition) is 5. The molecule has 106 valence electrons. The van der Waals surface area contributed by atoms with Gasteiger partial charge in [0.2, 0.25) is 0 Å². The van der Waals surface area contributed by atoms with Gasteiger partial charge in [-0.3, -0.25) is 4.79 Å². The summed E-state index contributed by atoms with van der Waals surface area (Å²) in [6.45, 7) is 1.32. The average Bonchev–Trinajstić information content (AvgIpc) is 3.17. The van der Waals surface area contributed by atoms with Crippen LogP contribution in [0.1, 0.15) is 23.3 Å². The molecule has 0 saturated carbocycles. The van der Waals surface area contributed by atoms with E-state index in [1.54, 1.807) is 11.3 Å². The number of halogens is 1. The normalized spacial score (nSPS) is 18.7. The molecule has 4 nitrogen and oxygen atoms in total. The number of nitrogens with zero attached hydrogens (tertiary/aromatic N) is 2. The van der Waals surface area contributed by atoms with E-state index in [-0.39, 0.29) is 11.9 Å². The summed E-state index contributed by atoms with van der Waals surface area (Å²) in [5.74, 6) is 0.0103. The number of likely N-dealkylation sites (tertiary alicyclic amines) is 1. The Bertz CT molecular complexity index is 625. The van der Waals surface area contributed by atoms with E-state index < -0.39 is 0 Å². The van der Waals surface area contributed by atoms with Crippen molar-refractivity contribution in [2.45, 2.75) is 18.9 Å². The van der Waals surface area contributed by atoms with E-state index in [2.05, 4.69) is 20.9 Å². The number of carbonyl (C=O) groups is 1. The Morgan fingerprint density at radius 1 is 1.55 bits per heavy atom. The summed E-state index contributed by atoms with van der Waals surface area (Å²) in [5, 5.41) is 2.74. The number of nitrogens with two attached hydrogens (primary N) is 1. The molecule has 0 aromatic carbocycles. The molecule has 0 bridgehead atoms. The smallest absolute Gasteiger partial charge is 0.273 e. The molecular formula is C13H14BrN3OS2. The molecule has 0 spiro atoms. The maximum atomic E-state index is 12.5. The first-order chi connectivity index (χ1) is 9.69. The van der Waals surface area contributed by atoms with Crippen LogP contribution in [0.2, 0.25) is 0 Å². The van der Waals surface area contributed by atoms with Gasteiger partial charge < -0.3 is 10.6 Å². The minimum atomic E-state index is 0.0103. The van der Waals surface area contributed by atoms with Gasteiger partial charge in [0.05, 0.1) is 8.66 Å². The average molecular weight is 372 g/mol. The van der Waals surface area contributed by atoms with Crippen molar-refractivity contribution in [3.8, 4) is 9.88 Å². The minimum absolute atomic E-state index is 0.0103. The molecule has 0 aliphatic carbocycles. The third-order valence-corrected chi connectivity index (χ3v) is 6.05. The number of thiophene rings is 1. The van der Waals surface area contributed by atoms with Crippen LogP contribution in [0.3, 0.4) is 0 Å². The highest BCUT2D eigenvalue weighted by Gasteiger charge is 2.29. The fraction of sp³-hybridized carbons (Fsp3) is 0.385. The molecule has 1 unspecified atom stereocenters. The van der Waals surface area contributed by atoms with Gasteiger partial charge in [-0.15, -0.1) is 22.7 Å². The number of rotatable bonds is 3. The second-order valence-electron chi connectivity index (χ2n) is 4.67. The lowest BCUT2D eigenvalue weighted by atomic mass is 10.2. The van der Waals surface area contributed by atoms with Crippen LogP contribution in [0, 0.1) is 0 Å². The van der Waals surface area contributed by atoms with Crippen molar-refractivity contribution in [1.82, 2.24) is 9.88 Å². The molecule has 3 heterocycles. The lowest BCUT2D eigenvalue weighted by molar-refractivity contribution is 0.0736. The number of thiazole rings is 1. The third-order valence-electron chi connectivity index (χ3n) is 3.42. The number of amides is 1. The quantitative estimate of drug-likeness (QED) is 0.900. The lowest BCUT2D eigenvalue weighted by Gasteiger charge is -2.22. The first-order valence-corrected chi connectivity index (χ1v) is 8.90. The Labute approximate surface area is 133 Å². The highest BCUT2D eigenvalue weighted by molar-refractivity contribution is 9.11. The second kappa shape index (κ2) is 5.93. The predicted molar refractivity (Wildman–Crippen MR) is 86.2 cm³/mol. The molecule has 2 aromatic heterocycles. The van der Waals surface area contributed by atoms with Crippen molar-refractivity contribution in [3.05, 3.63) is 27.0 Å². The zero-order valence-corrected chi connectivity index (χ0v) is 13.9. The van der Waals surface area contributed by atoms with Gasteiger partial charge in [0.15, 0.2) is 0 Å². The monoisotopic (exact) mass is 371 g/mol. The standard InChI is InChI=1S/C13H14BrN3OS2/c14-11-4-3-10(20-11)12-16-9(7-19-12)13(18)17-5-1-2-8(17)6-15/h3-4,7-8H,1-2,5-6,15H2. The second-order valence-corrected chi connectivity index (χ2v) is 7.99. The molecule has 1 aliphatic heterocycles. The summed E-state index contributed by atoms with van der Waals surface area (Å²) < 4.78 is 1.07. The van der Waals surface area contributed by atoms with E-state index >= 15 is 0 Å². The fourth-order valence-corrected chi connectivity index (χ4v) is 4.66. The number of carbonyl (C=O) groups excluding carboxylic acids is 1. The molecule has 1 fully saturated rings. The molecule has 2 N–H and O–H groups in total. The molecule has 2 aromatic rings. The molecule has 1 amide bonds. The van der Waals surface area contributed by atoms with E-state index in [0.717, 1.165) is 33.1 Å². The molecule has 7 heteroatoms. The fourth-order valence-electron chi connectivity index (χ4n) is 2.41. The van der Waals surface area contributed by atoms with Gasteiger partial charge in [0.25, 0.3) is 5.91 Å². The Kier molecular flexibility index (Phi) is 4.21. The molecule has 0 radical (unpaired) electrons. The topological polar surface area (TPSA) is 59.2 Å². The molecule has 1 atom stereocenters. The van der Waals surface area contributed by atoms with Gasteiger partial charge in [-0.1, -0.05) is 0 Å². The van der Waals surface area contributed by atoms with Gasteiger partial charge in [-0.25, -0.2) is 4.98 Å². The van der Waals surface area contributed by atoms with E-state index in [0.29, 0.717) is 12.2 Å². The highest BCUT2D eigenvalue weighted by Crippen LogP contribution is 2.33. The minimum Gasteiger partial charge on any atom is -0.333 e. The predicted octanol–water partition coefficient (Wildman–Crippen LogP) is 3.20. The molecule has 20 heavy (non-hydrogen) atoms. The van der Waals surface area contributed by atoms with Gasteiger partial charge >= 0.3 is 0 Å². The zero-order chi connectivity index (χ0) is 14.1. The summed E-state index contributed by atoms with van der Waals surface area (Å²) in [6, 6.07) is 4.18. The largest absolute Gasteiger partial charge is 0.333 e. The summed E-state index contributed by atoms with van der Waals surface area (Å²) in [4.78, 5) is 19.9. The van der Waals surface area contributed by atoms with Crippen LogP contribution in [-0.4, -0.2) is 34.9 Å². The van der Waals surface area contributed by atoms with Crippen molar-refractivity contribution in [1.29, 1.82) is 0 Å². The number of aromatic nitrogens is 1. The van der Waals surface area contributed by atoms with Crippen LogP contribution in [0.15, 0.2) is 21.3 Å². The van der Waals surface area contributed by atoms with Gasteiger partial charge in [0, 0.05) is 24.5 Å².